The van der Waals surface area contributed by atoms with Crippen LogP contribution in [0, 0.1) is 0 Å². The van der Waals surface area contributed by atoms with E-state index in [1.165, 1.54) is 0 Å². The van der Waals surface area contributed by atoms with E-state index in [0.717, 1.165) is 24.3 Å². The van der Waals surface area contributed by atoms with Crippen molar-refractivity contribution < 1.29 is 19.0 Å². The summed E-state index contributed by atoms with van der Waals surface area (Å²) in [5.74, 6) is 1.41. The molecule has 0 N–H and O–H groups in total. The fraction of sp³-hybridized carbons (Fsp3) is 0.458. The molecule has 1 aliphatic heterocycles. The van der Waals surface area contributed by atoms with Gasteiger partial charge in [-0.25, -0.2) is 4.79 Å². The van der Waals surface area contributed by atoms with Gasteiger partial charge in [-0.3, -0.25) is 0 Å². The van der Waals surface area contributed by atoms with Gasteiger partial charge >= 0.3 is 6.09 Å². The first kappa shape index (κ1) is 21.8. The minimum Gasteiger partial charge on any atom is -0.493 e. The molecule has 6 heteroatoms. The Kier molecular flexibility index (Phi) is 6.75. The summed E-state index contributed by atoms with van der Waals surface area (Å²) in [4.78, 5) is 16.5. The lowest BCUT2D eigenvalue weighted by Gasteiger charge is -2.41. The van der Waals surface area contributed by atoms with Crippen molar-refractivity contribution in [3.63, 3.8) is 0 Å². The first-order valence-corrected chi connectivity index (χ1v) is 10.4. The number of hydrogen-bond acceptors (Lipinski definition) is 5. The van der Waals surface area contributed by atoms with Crippen LogP contribution in [0.2, 0.25) is 0 Å². The smallest absolute Gasteiger partial charge is 0.410 e. The van der Waals surface area contributed by atoms with Crippen LogP contribution in [0.1, 0.15) is 33.3 Å². The maximum atomic E-state index is 12.4. The third-order valence-corrected chi connectivity index (χ3v) is 5.01. The summed E-state index contributed by atoms with van der Waals surface area (Å²) in [6.07, 6.45) is -0.253. The molecule has 2 aromatic rings. The molecule has 1 heterocycles. The summed E-state index contributed by atoms with van der Waals surface area (Å²) < 4.78 is 17.1. The number of anilines is 1. The van der Waals surface area contributed by atoms with Crippen molar-refractivity contribution in [3.05, 3.63) is 54.1 Å². The van der Waals surface area contributed by atoms with E-state index in [0.29, 0.717) is 24.7 Å². The molecule has 0 radical (unpaired) electrons. The molecule has 162 valence electrons. The lowest BCUT2D eigenvalue weighted by atomic mass is 10.1. The van der Waals surface area contributed by atoms with Gasteiger partial charge in [0.1, 0.15) is 12.2 Å². The normalized spacial score (nSPS) is 16.9. The van der Waals surface area contributed by atoms with E-state index in [9.17, 15) is 4.79 Å². The van der Waals surface area contributed by atoms with Crippen LogP contribution in [0.25, 0.3) is 0 Å². The highest BCUT2D eigenvalue weighted by Crippen LogP contribution is 2.33. The fourth-order valence-corrected chi connectivity index (χ4v) is 3.49. The van der Waals surface area contributed by atoms with Crippen molar-refractivity contribution in [2.24, 2.45) is 0 Å². The highest BCUT2D eigenvalue weighted by Gasteiger charge is 2.31. The number of rotatable bonds is 5. The third kappa shape index (κ3) is 5.59. The highest BCUT2D eigenvalue weighted by molar-refractivity contribution is 5.69. The van der Waals surface area contributed by atoms with Gasteiger partial charge in [0.15, 0.2) is 11.5 Å². The van der Waals surface area contributed by atoms with Crippen molar-refractivity contribution in [1.82, 2.24) is 4.90 Å². The average Bonchev–Trinajstić information content (AvgIpc) is 2.71. The molecule has 1 amide bonds. The largest absolute Gasteiger partial charge is 0.493 e. The lowest BCUT2D eigenvalue weighted by Crippen LogP contribution is -2.55. The predicted molar refractivity (Wildman–Crippen MR) is 118 cm³/mol. The minimum absolute atomic E-state index is 0.0496. The molecule has 1 aliphatic rings. The zero-order valence-corrected chi connectivity index (χ0v) is 18.6. The molecule has 3 rings (SSSR count). The van der Waals surface area contributed by atoms with Crippen molar-refractivity contribution >= 4 is 11.8 Å². The van der Waals surface area contributed by atoms with Crippen LogP contribution < -0.4 is 14.4 Å². The van der Waals surface area contributed by atoms with Crippen LogP contribution in [0.3, 0.4) is 0 Å². The second-order valence-electron chi connectivity index (χ2n) is 8.58. The second-order valence-corrected chi connectivity index (χ2v) is 8.58. The summed E-state index contributed by atoms with van der Waals surface area (Å²) in [6, 6.07) is 16.1. The monoisotopic (exact) mass is 412 g/mol. The van der Waals surface area contributed by atoms with Gasteiger partial charge in [0.2, 0.25) is 0 Å². The fourth-order valence-electron chi connectivity index (χ4n) is 3.49. The Morgan fingerprint density at radius 1 is 1.07 bits per heavy atom. The third-order valence-electron chi connectivity index (χ3n) is 5.01. The summed E-state index contributed by atoms with van der Waals surface area (Å²) in [5, 5.41) is 0. The number of methoxy groups -OCH3 is 1. The molecule has 2 aromatic carbocycles. The molecule has 6 nitrogen and oxygen atoms in total. The quantitative estimate of drug-likeness (QED) is 0.711. The molecule has 1 unspecified atom stereocenters. The second kappa shape index (κ2) is 9.28. The van der Waals surface area contributed by atoms with Gasteiger partial charge in [0.05, 0.1) is 7.11 Å². The van der Waals surface area contributed by atoms with E-state index in [-0.39, 0.29) is 12.1 Å². The maximum absolute atomic E-state index is 12.4. The molecule has 0 aromatic heterocycles. The van der Waals surface area contributed by atoms with Crippen LogP contribution in [-0.2, 0) is 11.3 Å². The zero-order chi connectivity index (χ0) is 21.7. The summed E-state index contributed by atoms with van der Waals surface area (Å²) >= 11 is 0. The molecule has 0 saturated carbocycles. The number of piperazine rings is 1. The topological polar surface area (TPSA) is 51.2 Å². The zero-order valence-electron chi connectivity index (χ0n) is 18.6. The molecule has 1 atom stereocenters. The first-order chi connectivity index (χ1) is 14.3. The number of nitrogens with zero attached hydrogens (tertiary/aromatic N) is 2. The summed E-state index contributed by atoms with van der Waals surface area (Å²) in [6.45, 7) is 10.3. The molecular formula is C24H32N2O4. The van der Waals surface area contributed by atoms with Gasteiger partial charge < -0.3 is 24.0 Å². The van der Waals surface area contributed by atoms with Crippen LogP contribution in [0.15, 0.2) is 48.5 Å². The number of amides is 1. The maximum Gasteiger partial charge on any atom is 0.410 e. The van der Waals surface area contributed by atoms with Gasteiger partial charge in [0.25, 0.3) is 0 Å². The standard InChI is InChI=1S/C24H32N2O4/c1-18-16-25(13-14-26(18)23(27)30-24(2,3)4)20-11-12-21(22(15-20)28-5)29-17-19-9-7-6-8-10-19/h6-12,15,18H,13-14,16-17H2,1-5H3. The molecule has 1 fully saturated rings. The first-order valence-electron chi connectivity index (χ1n) is 10.4. The van der Waals surface area contributed by atoms with Crippen molar-refractivity contribution in [3.8, 4) is 11.5 Å². The number of benzene rings is 2. The minimum atomic E-state index is -0.489. The highest BCUT2D eigenvalue weighted by atomic mass is 16.6. The molecular weight excluding hydrogens is 380 g/mol. The number of carbonyl (C=O) groups is 1. The van der Waals surface area contributed by atoms with E-state index in [4.69, 9.17) is 14.2 Å². The molecule has 30 heavy (non-hydrogen) atoms. The van der Waals surface area contributed by atoms with Crippen LogP contribution >= 0.6 is 0 Å². The average molecular weight is 413 g/mol. The van der Waals surface area contributed by atoms with Gasteiger partial charge in [-0.15, -0.1) is 0 Å². The van der Waals surface area contributed by atoms with Crippen molar-refractivity contribution in [2.75, 3.05) is 31.6 Å². The lowest BCUT2D eigenvalue weighted by molar-refractivity contribution is 0.0159. The van der Waals surface area contributed by atoms with E-state index in [1.54, 1.807) is 12.0 Å². The van der Waals surface area contributed by atoms with E-state index in [2.05, 4.69) is 4.90 Å². The van der Waals surface area contributed by atoms with Crippen molar-refractivity contribution in [1.29, 1.82) is 0 Å². The Balaban J connectivity index is 1.64. The molecule has 0 spiro atoms. The van der Waals surface area contributed by atoms with Gasteiger partial charge in [-0.1, -0.05) is 30.3 Å². The van der Waals surface area contributed by atoms with Gasteiger partial charge in [-0.2, -0.15) is 0 Å². The van der Waals surface area contributed by atoms with Crippen LogP contribution in [-0.4, -0.2) is 49.4 Å². The Morgan fingerprint density at radius 2 is 1.80 bits per heavy atom. The van der Waals surface area contributed by atoms with Gasteiger partial charge in [-0.05, 0) is 45.4 Å². The number of ether oxygens (including phenoxy) is 3. The van der Waals surface area contributed by atoms with Crippen LogP contribution in [0.4, 0.5) is 10.5 Å². The number of carbonyl (C=O) groups excluding carboxylic acids is 1. The van der Waals surface area contributed by atoms with E-state index >= 15 is 0 Å². The van der Waals surface area contributed by atoms with Gasteiger partial charge in [0, 0.05) is 37.4 Å². The van der Waals surface area contributed by atoms with E-state index in [1.807, 2.05) is 76.2 Å². The molecule has 0 bridgehead atoms. The predicted octanol–water partition coefficient (Wildman–Crippen LogP) is 4.72. The summed E-state index contributed by atoms with van der Waals surface area (Å²) in [5.41, 5.74) is 1.67. The SMILES string of the molecule is COc1cc(N2CCN(C(=O)OC(C)(C)C)C(C)C2)ccc1OCc1ccccc1. The summed E-state index contributed by atoms with van der Waals surface area (Å²) in [7, 11) is 1.65. The molecule has 0 aliphatic carbocycles. The number of hydrogen-bond donors (Lipinski definition) is 0. The molecule has 1 saturated heterocycles. The van der Waals surface area contributed by atoms with Crippen LogP contribution in [0.5, 0.6) is 11.5 Å². The Labute approximate surface area is 179 Å². The Morgan fingerprint density at radius 3 is 2.43 bits per heavy atom. The van der Waals surface area contributed by atoms with Crippen molar-refractivity contribution in [2.45, 2.75) is 45.9 Å². The Hall–Kier alpha value is -2.89. The van der Waals surface area contributed by atoms with E-state index < -0.39 is 5.60 Å². The Bertz CT molecular complexity index is 848.